The highest BCUT2D eigenvalue weighted by molar-refractivity contribution is 7.89. The zero-order chi connectivity index (χ0) is 21.7. The summed E-state index contributed by atoms with van der Waals surface area (Å²) in [4.78, 5) is 23.3. The van der Waals surface area contributed by atoms with Crippen LogP contribution in [-0.2, 0) is 19.6 Å². The average molecular weight is 429 g/mol. The van der Waals surface area contributed by atoms with Crippen molar-refractivity contribution in [2.75, 3.05) is 24.2 Å². The van der Waals surface area contributed by atoms with Gasteiger partial charge in [-0.25, -0.2) is 8.42 Å². The number of hydrogen-bond acceptors (Lipinski definition) is 7. The van der Waals surface area contributed by atoms with Gasteiger partial charge in [0, 0.05) is 25.2 Å². The zero-order valence-electron chi connectivity index (χ0n) is 16.2. The standard InChI is InChI=1S/C19H19N5O5S/c1-13(25)20-15-8-10-16(11-9-15)30(27,28)24(2)12-17(26)21-19-23-22-18(29-19)14-6-4-3-5-7-14/h3-11H,12H2,1-2H3,(H,20,25)(H,21,23,26). The first kappa shape index (κ1) is 21.1. The van der Waals surface area contributed by atoms with E-state index in [1.165, 1.54) is 38.2 Å². The molecule has 0 aliphatic rings. The predicted octanol–water partition coefficient (Wildman–Crippen LogP) is 1.95. The lowest BCUT2D eigenvalue weighted by Crippen LogP contribution is -2.35. The summed E-state index contributed by atoms with van der Waals surface area (Å²) in [5, 5.41) is 12.5. The second kappa shape index (κ2) is 8.84. The molecule has 0 bridgehead atoms. The topological polar surface area (TPSA) is 134 Å². The molecule has 2 amide bonds. The summed E-state index contributed by atoms with van der Waals surface area (Å²) in [7, 11) is -2.64. The van der Waals surface area contributed by atoms with Crippen molar-refractivity contribution >= 4 is 33.5 Å². The lowest BCUT2D eigenvalue weighted by atomic mass is 10.2. The molecule has 0 atom stereocenters. The molecule has 0 spiro atoms. The molecule has 0 aliphatic carbocycles. The number of rotatable bonds is 7. The molecule has 2 N–H and O–H groups in total. The van der Waals surface area contributed by atoms with Crippen LogP contribution in [0.4, 0.5) is 11.7 Å². The molecular weight excluding hydrogens is 410 g/mol. The van der Waals surface area contributed by atoms with Crippen molar-refractivity contribution < 1.29 is 22.4 Å². The number of likely N-dealkylation sites (N-methyl/N-ethyl adjacent to an activating group) is 1. The Balaban J connectivity index is 1.63. The number of aromatic nitrogens is 2. The van der Waals surface area contributed by atoms with E-state index in [1.807, 2.05) is 6.07 Å². The van der Waals surface area contributed by atoms with Gasteiger partial charge in [-0.15, -0.1) is 5.10 Å². The third kappa shape index (κ3) is 5.07. The molecule has 0 fully saturated rings. The molecule has 0 unspecified atom stereocenters. The minimum Gasteiger partial charge on any atom is -0.403 e. The summed E-state index contributed by atoms with van der Waals surface area (Å²) in [5.74, 6) is -0.679. The molecule has 0 saturated heterocycles. The van der Waals surface area contributed by atoms with E-state index in [9.17, 15) is 18.0 Å². The lowest BCUT2D eigenvalue weighted by Gasteiger charge is -2.16. The fourth-order valence-corrected chi connectivity index (χ4v) is 3.64. The van der Waals surface area contributed by atoms with Crippen LogP contribution in [0.1, 0.15) is 6.92 Å². The van der Waals surface area contributed by atoms with E-state index in [0.717, 1.165) is 4.31 Å². The first-order chi connectivity index (χ1) is 14.3. The van der Waals surface area contributed by atoms with Gasteiger partial charge in [-0.2, -0.15) is 4.31 Å². The van der Waals surface area contributed by atoms with Crippen LogP contribution in [-0.4, -0.2) is 48.3 Å². The third-order valence-corrected chi connectivity index (χ3v) is 5.76. The van der Waals surface area contributed by atoms with Gasteiger partial charge < -0.3 is 9.73 Å². The summed E-state index contributed by atoms with van der Waals surface area (Å²) in [6.45, 7) is 0.891. The number of nitrogens with one attached hydrogen (secondary N) is 2. The van der Waals surface area contributed by atoms with Crippen molar-refractivity contribution in [2.24, 2.45) is 0 Å². The quantitative estimate of drug-likeness (QED) is 0.586. The Morgan fingerprint density at radius 2 is 1.67 bits per heavy atom. The van der Waals surface area contributed by atoms with Crippen LogP contribution in [0.5, 0.6) is 0 Å². The number of amides is 2. The summed E-state index contributed by atoms with van der Waals surface area (Å²) >= 11 is 0. The number of carbonyl (C=O) groups excluding carboxylic acids is 2. The molecule has 11 heteroatoms. The summed E-state index contributed by atoms with van der Waals surface area (Å²) in [6, 6.07) is 14.5. The minimum atomic E-state index is -3.92. The number of nitrogens with zero attached hydrogens (tertiary/aromatic N) is 3. The molecule has 3 aromatic rings. The smallest absolute Gasteiger partial charge is 0.322 e. The summed E-state index contributed by atoms with van der Waals surface area (Å²) < 4.78 is 31.6. The Kier molecular flexibility index (Phi) is 6.23. The Morgan fingerprint density at radius 1 is 1.00 bits per heavy atom. The second-order valence-electron chi connectivity index (χ2n) is 6.29. The van der Waals surface area contributed by atoms with Crippen molar-refractivity contribution in [2.45, 2.75) is 11.8 Å². The molecule has 3 rings (SSSR count). The van der Waals surface area contributed by atoms with Crippen LogP contribution in [0.3, 0.4) is 0 Å². The van der Waals surface area contributed by atoms with Crippen molar-refractivity contribution in [3.8, 4) is 11.5 Å². The van der Waals surface area contributed by atoms with Crippen molar-refractivity contribution in [3.05, 3.63) is 54.6 Å². The van der Waals surface area contributed by atoms with Gasteiger partial charge in [-0.1, -0.05) is 23.3 Å². The average Bonchev–Trinajstić information content (AvgIpc) is 3.17. The number of carbonyl (C=O) groups is 2. The molecule has 0 radical (unpaired) electrons. The second-order valence-corrected chi connectivity index (χ2v) is 8.34. The Labute approximate surface area is 173 Å². The van der Waals surface area contributed by atoms with Crippen LogP contribution in [0.15, 0.2) is 63.9 Å². The number of hydrogen-bond donors (Lipinski definition) is 2. The van der Waals surface area contributed by atoms with Crippen LogP contribution < -0.4 is 10.6 Å². The van der Waals surface area contributed by atoms with E-state index in [4.69, 9.17) is 4.42 Å². The Morgan fingerprint density at radius 3 is 2.30 bits per heavy atom. The zero-order valence-corrected chi connectivity index (χ0v) is 17.0. The fraction of sp³-hybridized carbons (Fsp3) is 0.158. The van der Waals surface area contributed by atoms with Gasteiger partial charge in [0.25, 0.3) is 0 Å². The van der Waals surface area contributed by atoms with E-state index < -0.39 is 22.5 Å². The van der Waals surface area contributed by atoms with Gasteiger partial charge in [0.1, 0.15) is 0 Å². The van der Waals surface area contributed by atoms with Gasteiger partial charge in [0.15, 0.2) is 0 Å². The number of anilines is 2. The fourth-order valence-electron chi connectivity index (χ4n) is 2.51. The largest absolute Gasteiger partial charge is 0.403 e. The lowest BCUT2D eigenvalue weighted by molar-refractivity contribution is -0.116. The molecule has 2 aromatic carbocycles. The highest BCUT2D eigenvalue weighted by Crippen LogP contribution is 2.20. The Hall–Kier alpha value is -3.57. The molecule has 0 saturated carbocycles. The maximum Gasteiger partial charge on any atom is 0.322 e. The van der Waals surface area contributed by atoms with E-state index in [-0.39, 0.29) is 22.7 Å². The highest BCUT2D eigenvalue weighted by Gasteiger charge is 2.23. The van der Waals surface area contributed by atoms with E-state index in [2.05, 4.69) is 20.8 Å². The van der Waals surface area contributed by atoms with Crippen molar-refractivity contribution in [1.82, 2.24) is 14.5 Å². The molecule has 30 heavy (non-hydrogen) atoms. The first-order valence-electron chi connectivity index (χ1n) is 8.78. The molecule has 0 aliphatic heterocycles. The van der Waals surface area contributed by atoms with Gasteiger partial charge in [0.2, 0.25) is 27.7 Å². The molecule has 1 aromatic heterocycles. The normalized spacial score (nSPS) is 11.3. The van der Waals surface area contributed by atoms with E-state index in [1.54, 1.807) is 24.3 Å². The summed E-state index contributed by atoms with van der Waals surface area (Å²) in [5.41, 5.74) is 1.15. The number of sulfonamides is 1. The molecular formula is C19H19N5O5S. The van der Waals surface area contributed by atoms with Gasteiger partial charge >= 0.3 is 6.01 Å². The molecule has 156 valence electrons. The highest BCUT2D eigenvalue weighted by atomic mass is 32.2. The van der Waals surface area contributed by atoms with Crippen LogP contribution in [0.25, 0.3) is 11.5 Å². The summed E-state index contributed by atoms with van der Waals surface area (Å²) in [6.07, 6.45) is 0. The maximum absolute atomic E-state index is 12.6. The Bertz CT molecular complexity index is 1140. The van der Waals surface area contributed by atoms with Crippen LogP contribution >= 0.6 is 0 Å². The van der Waals surface area contributed by atoms with Crippen LogP contribution in [0, 0.1) is 0 Å². The van der Waals surface area contributed by atoms with Crippen molar-refractivity contribution in [1.29, 1.82) is 0 Å². The van der Waals surface area contributed by atoms with Crippen LogP contribution in [0.2, 0.25) is 0 Å². The van der Waals surface area contributed by atoms with Crippen molar-refractivity contribution in [3.63, 3.8) is 0 Å². The maximum atomic E-state index is 12.6. The van der Waals surface area contributed by atoms with E-state index >= 15 is 0 Å². The first-order valence-corrected chi connectivity index (χ1v) is 10.2. The number of benzene rings is 2. The SMILES string of the molecule is CC(=O)Nc1ccc(S(=O)(=O)N(C)CC(=O)Nc2nnc(-c3ccccc3)o2)cc1. The molecule has 1 heterocycles. The van der Waals surface area contributed by atoms with E-state index in [0.29, 0.717) is 11.3 Å². The predicted molar refractivity (Wildman–Crippen MR) is 109 cm³/mol. The molecule has 10 nitrogen and oxygen atoms in total. The van der Waals surface area contributed by atoms with Gasteiger partial charge in [-0.05, 0) is 36.4 Å². The van der Waals surface area contributed by atoms with Gasteiger partial charge in [-0.3, -0.25) is 14.9 Å². The monoisotopic (exact) mass is 429 g/mol. The van der Waals surface area contributed by atoms with Gasteiger partial charge in [0.05, 0.1) is 11.4 Å². The minimum absolute atomic E-state index is 0.0175. The third-order valence-electron chi connectivity index (χ3n) is 3.94.